The van der Waals surface area contributed by atoms with E-state index < -0.39 is 24.4 Å². The molecule has 1 aromatic heterocycles. The highest BCUT2D eigenvalue weighted by Crippen LogP contribution is 2.34. The monoisotopic (exact) mass is 374 g/mol. The zero-order chi connectivity index (χ0) is 18.8. The third-order valence-corrected chi connectivity index (χ3v) is 4.17. The van der Waals surface area contributed by atoms with E-state index >= 15 is 0 Å². The maximum atomic E-state index is 11.5. The zero-order valence-corrected chi connectivity index (χ0v) is 14.4. The maximum absolute atomic E-state index is 11.5. The van der Waals surface area contributed by atoms with E-state index in [0.29, 0.717) is 38.3 Å². The first-order valence-corrected chi connectivity index (χ1v) is 8.05. The molecule has 8 heteroatoms. The average Bonchev–Trinajstić information content (AvgIpc) is 2.59. The molecule has 26 heavy (non-hydrogen) atoms. The van der Waals surface area contributed by atoms with Crippen LogP contribution in [0.25, 0.3) is 21.8 Å². The van der Waals surface area contributed by atoms with Gasteiger partial charge in [0.2, 0.25) is 0 Å². The summed E-state index contributed by atoms with van der Waals surface area (Å²) >= 11 is 6.04. The minimum atomic E-state index is -1.30. The third kappa shape index (κ3) is 3.48. The van der Waals surface area contributed by atoms with E-state index in [2.05, 4.69) is 10.3 Å². The Balaban J connectivity index is 2.26. The number of halogens is 1. The summed E-state index contributed by atoms with van der Waals surface area (Å²) < 4.78 is 5.24. The van der Waals surface area contributed by atoms with Crippen molar-refractivity contribution in [3.8, 4) is 5.75 Å². The number of aromatic nitrogens is 1. The smallest absolute Gasteiger partial charge is 0.326 e. The maximum Gasteiger partial charge on any atom is 0.326 e. The lowest BCUT2D eigenvalue weighted by atomic mass is 10.1. The zero-order valence-electron chi connectivity index (χ0n) is 13.7. The summed E-state index contributed by atoms with van der Waals surface area (Å²) in [6, 6.07) is 8.94. The molecule has 0 saturated heterocycles. The van der Waals surface area contributed by atoms with E-state index in [1.54, 1.807) is 36.4 Å². The molecule has 0 bridgehead atoms. The first kappa shape index (κ1) is 17.8. The number of anilines is 1. The minimum Gasteiger partial charge on any atom is -0.497 e. The lowest BCUT2D eigenvalue weighted by Gasteiger charge is -2.18. The number of nitrogens with one attached hydrogen (secondary N) is 1. The number of hydrogen-bond acceptors (Lipinski definition) is 5. The van der Waals surface area contributed by atoms with Gasteiger partial charge >= 0.3 is 11.9 Å². The van der Waals surface area contributed by atoms with Crippen molar-refractivity contribution < 1.29 is 24.5 Å². The molecule has 0 aliphatic carbocycles. The third-order valence-electron chi connectivity index (χ3n) is 3.94. The van der Waals surface area contributed by atoms with Gasteiger partial charge in [-0.2, -0.15) is 0 Å². The molecule has 1 atom stereocenters. The minimum absolute atomic E-state index is 0.467. The number of nitrogens with zero attached hydrogens (tertiary/aromatic N) is 1. The average molecular weight is 375 g/mol. The largest absolute Gasteiger partial charge is 0.497 e. The summed E-state index contributed by atoms with van der Waals surface area (Å²) in [5.41, 5.74) is 1.63. The highest BCUT2D eigenvalue weighted by Gasteiger charge is 2.23. The number of carbonyl (C=O) groups is 2. The van der Waals surface area contributed by atoms with E-state index in [1.807, 2.05) is 0 Å². The predicted octanol–water partition coefficient (Wildman–Crippen LogP) is 3.39. The molecule has 3 rings (SSSR count). The molecule has 0 saturated carbocycles. The molecule has 0 unspecified atom stereocenters. The van der Waals surface area contributed by atoms with Crippen molar-refractivity contribution >= 4 is 51.0 Å². The fourth-order valence-corrected chi connectivity index (χ4v) is 2.89. The molecule has 0 aliphatic heterocycles. The molecule has 134 valence electrons. The highest BCUT2D eigenvalue weighted by atomic mass is 35.5. The molecular formula is C18H15ClN2O5. The van der Waals surface area contributed by atoms with Crippen LogP contribution >= 0.6 is 11.6 Å². The number of pyridine rings is 1. The Hall–Kier alpha value is -3.06. The summed E-state index contributed by atoms with van der Waals surface area (Å²) in [5, 5.41) is 23.0. The molecule has 0 aliphatic rings. The van der Waals surface area contributed by atoms with Crippen molar-refractivity contribution in [3.05, 3.63) is 41.4 Å². The lowest BCUT2D eigenvalue weighted by molar-refractivity contribution is -0.144. The predicted molar refractivity (Wildman–Crippen MR) is 98.1 cm³/mol. The van der Waals surface area contributed by atoms with Crippen LogP contribution in [0.5, 0.6) is 5.75 Å². The van der Waals surface area contributed by atoms with Gasteiger partial charge in [0.05, 0.1) is 30.3 Å². The van der Waals surface area contributed by atoms with Gasteiger partial charge in [-0.25, -0.2) is 9.78 Å². The second kappa shape index (κ2) is 7.05. The topological polar surface area (TPSA) is 109 Å². The Kier molecular flexibility index (Phi) is 4.81. The second-order valence-electron chi connectivity index (χ2n) is 5.66. The van der Waals surface area contributed by atoms with Crippen LogP contribution in [0, 0.1) is 0 Å². The molecule has 0 fully saturated rings. The Morgan fingerprint density at radius 2 is 1.92 bits per heavy atom. The van der Waals surface area contributed by atoms with Gasteiger partial charge in [0.25, 0.3) is 0 Å². The number of rotatable bonds is 6. The van der Waals surface area contributed by atoms with Gasteiger partial charge in [-0.15, -0.1) is 0 Å². The molecular weight excluding hydrogens is 360 g/mol. The van der Waals surface area contributed by atoms with Crippen molar-refractivity contribution in [2.24, 2.45) is 0 Å². The first-order chi connectivity index (χ1) is 12.4. The number of methoxy groups -OCH3 is 1. The molecule has 3 N–H and O–H groups in total. The molecule has 7 nitrogen and oxygen atoms in total. The Morgan fingerprint density at radius 1 is 1.15 bits per heavy atom. The number of benzene rings is 2. The van der Waals surface area contributed by atoms with Gasteiger partial charge in [-0.05, 0) is 36.4 Å². The summed E-state index contributed by atoms with van der Waals surface area (Å²) in [6.45, 7) is 0. The van der Waals surface area contributed by atoms with Crippen LogP contribution < -0.4 is 10.1 Å². The number of hydrogen-bond donors (Lipinski definition) is 3. The highest BCUT2D eigenvalue weighted by molar-refractivity contribution is 6.31. The van der Waals surface area contributed by atoms with Crippen molar-refractivity contribution in [3.63, 3.8) is 0 Å². The first-order valence-electron chi connectivity index (χ1n) is 7.67. The van der Waals surface area contributed by atoms with Crippen LogP contribution in [-0.2, 0) is 9.59 Å². The van der Waals surface area contributed by atoms with Crippen LogP contribution in [0.1, 0.15) is 6.42 Å². The fourth-order valence-electron chi connectivity index (χ4n) is 2.73. The van der Waals surface area contributed by atoms with Gasteiger partial charge < -0.3 is 20.3 Å². The van der Waals surface area contributed by atoms with Crippen molar-refractivity contribution in [2.75, 3.05) is 12.4 Å². The molecule has 0 spiro atoms. The van der Waals surface area contributed by atoms with Crippen LogP contribution in [0.2, 0.25) is 5.02 Å². The summed E-state index contributed by atoms with van der Waals surface area (Å²) in [6.07, 6.45) is -0.571. The number of carboxylic acids is 2. The van der Waals surface area contributed by atoms with E-state index in [-0.39, 0.29) is 0 Å². The van der Waals surface area contributed by atoms with E-state index in [9.17, 15) is 14.7 Å². The summed E-state index contributed by atoms with van der Waals surface area (Å²) in [7, 11) is 1.52. The van der Waals surface area contributed by atoms with Gasteiger partial charge in [-0.1, -0.05) is 11.6 Å². The van der Waals surface area contributed by atoms with Gasteiger partial charge in [0, 0.05) is 15.8 Å². The van der Waals surface area contributed by atoms with Gasteiger partial charge in [0.1, 0.15) is 11.8 Å². The van der Waals surface area contributed by atoms with Crippen LogP contribution in [0.15, 0.2) is 36.4 Å². The van der Waals surface area contributed by atoms with Crippen molar-refractivity contribution in [1.29, 1.82) is 0 Å². The van der Waals surface area contributed by atoms with Crippen LogP contribution in [0.3, 0.4) is 0 Å². The number of fused-ring (bicyclic) bond motifs is 2. The molecule has 1 heterocycles. The Bertz CT molecular complexity index is 1020. The van der Waals surface area contributed by atoms with Crippen molar-refractivity contribution in [2.45, 2.75) is 12.5 Å². The van der Waals surface area contributed by atoms with E-state index in [1.165, 1.54) is 7.11 Å². The summed E-state index contributed by atoms with van der Waals surface area (Å²) in [4.78, 5) is 27.1. The van der Waals surface area contributed by atoms with E-state index in [0.717, 1.165) is 0 Å². The molecule has 0 radical (unpaired) electrons. The Morgan fingerprint density at radius 3 is 2.58 bits per heavy atom. The number of carboxylic acid groups (broad SMARTS) is 2. The van der Waals surface area contributed by atoms with Gasteiger partial charge in [-0.3, -0.25) is 4.79 Å². The van der Waals surface area contributed by atoms with Crippen LogP contribution in [0.4, 0.5) is 5.69 Å². The summed E-state index contributed by atoms with van der Waals surface area (Å²) in [5.74, 6) is -1.91. The fraction of sp³-hybridized carbons (Fsp3) is 0.167. The van der Waals surface area contributed by atoms with Crippen molar-refractivity contribution in [1.82, 2.24) is 4.98 Å². The number of ether oxygens (including phenoxy) is 1. The molecule has 3 aromatic rings. The lowest BCUT2D eigenvalue weighted by Crippen LogP contribution is -2.32. The van der Waals surface area contributed by atoms with Gasteiger partial charge in [0.15, 0.2) is 0 Å². The standard InChI is InChI=1S/C18H15ClN2O5/c1-26-10-3-5-13-12(7-10)17(21-15(18(24)25)8-16(22)23)11-4-2-9(19)6-14(11)20-13/h2-7,15H,8H2,1H3,(H,20,21)(H,22,23)(H,24,25)/t15-/m0/s1. The normalized spacial score (nSPS) is 12.1. The quantitative estimate of drug-likeness (QED) is 0.567. The SMILES string of the molecule is COc1ccc2nc3cc(Cl)ccc3c(N[C@@H](CC(=O)O)C(=O)O)c2c1. The van der Waals surface area contributed by atoms with E-state index in [4.69, 9.17) is 21.4 Å². The molecule has 2 aromatic carbocycles. The van der Waals surface area contributed by atoms with Crippen LogP contribution in [-0.4, -0.2) is 40.3 Å². The number of aliphatic carboxylic acids is 2. The second-order valence-corrected chi connectivity index (χ2v) is 6.10. The Labute approximate surface area is 153 Å². The molecule has 0 amide bonds.